The Labute approximate surface area is 315 Å². The van der Waals surface area contributed by atoms with E-state index in [1.54, 1.807) is 0 Å². The number of piperazine rings is 1. The summed E-state index contributed by atoms with van der Waals surface area (Å²) in [7, 11) is 0. The van der Waals surface area contributed by atoms with Crippen LogP contribution in [-0.4, -0.2) is 54.8 Å². The van der Waals surface area contributed by atoms with Gasteiger partial charge in [0.1, 0.15) is 5.75 Å². The second kappa shape index (κ2) is 22.4. The number of thiophene rings is 1. The first kappa shape index (κ1) is 39.6. The molecule has 52 heavy (non-hydrogen) atoms. The molecule has 0 aliphatic carbocycles. The molecule has 0 N–H and O–H groups in total. The summed E-state index contributed by atoms with van der Waals surface area (Å²) in [6.45, 7) is 8.12. The lowest BCUT2D eigenvalue weighted by molar-refractivity contribution is -0.147. The van der Waals surface area contributed by atoms with Gasteiger partial charge in [0.05, 0.1) is 12.1 Å². The molecule has 0 bridgehead atoms. The van der Waals surface area contributed by atoms with E-state index in [4.69, 9.17) is 9.47 Å². The monoisotopic (exact) mass is 727 g/mol. The number of rotatable bonds is 24. The summed E-state index contributed by atoms with van der Waals surface area (Å²) in [6.07, 6.45) is 23.0. The number of anilines is 1. The molecule has 0 radical (unpaired) electrons. The van der Waals surface area contributed by atoms with Gasteiger partial charge in [-0.2, -0.15) is 0 Å². The van der Waals surface area contributed by atoms with Crippen LogP contribution in [0.4, 0.5) is 5.69 Å². The number of fused-ring (bicyclic) bond motifs is 2. The van der Waals surface area contributed by atoms with Crippen LogP contribution in [0, 0.1) is 0 Å². The van der Waals surface area contributed by atoms with Crippen molar-refractivity contribution >= 4 is 44.0 Å². The van der Waals surface area contributed by atoms with Crippen LogP contribution in [0.3, 0.4) is 0 Å². The summed E-state index contributed by atoms with van der Waals surface area (Å²) in [4.78, 5) is 30.4. The number of nitrogens with zero attached hydrogens (tertiary/aromatic N) is 3. The summed E-state index contributed by atoms with van der Waals surface area (Å²) in [5, 5.41) is 4.46. The average Bonchev–Trinajstić information content (AvgIpc) is 3.66. The molecule has 0 unspecified atom stereocenters. The van der Waals surface area contributed by atoms with Crippen LogP contribution in [0.5, 0.6) is 5.75 Å². The van der Waals surface area contributed by atoms with E-state index in [0.29, 0.717) is 13.0 Å². The number of carbonyl (C=O) groups excluding carboxylic acids is 1. The Balaban J connectivity index is 0.936. The highest BCUT2D eigenvalue weighted by Gasteiger charge is 2.18. The minimum atomic E-state index is -0.254. The first-order chi connectivity index (χ1) is 25.6. The van der Waals surface area contributed by atoms with Crippen molar-refractivity contribution in [2.45, 2.75) is 116 Å². The number of pyridine rings is 1. The van der Waals surface area contributed by atoms with Gasteiger partial charge in [-0.3, -0.25) is 19.1 Å². The highest BCUT2D eigenvalue weighted by Crippen LogP contribution is 2.31. The third-order valence-corrected chi connectivity index (χ3v) is 11.2. The van der Waals surface area contributed by atoms with Crippen LogP contribution in [-0.2, 0) is 16.3 Å². The van der Waals surface area contributed by atoms with Crippen LogP contribution in [0.2, 0.25) is 0 Å². The molecule has 0 amide bonds. The van der Waals surface area contributed by atoms with Crippen molar-refractivity contribution in [3.05, 3.63) is 82.5 Å². The molecule has 2 aromatic carbocycles. The largest absolute Gasteiger partial charge is 0.494 e. The number of aromatic nitrogens is 1. The van der Waals surface area contributed by atoms with Crippen LogP contribution in [0.25, 0.3) is 21.0 Å². The Hall–Kier alpha value is -3.62. The van der Waals surface area contributed by atoms with Gasteiger partial charge in [-0.1, -0.05) is 76.5 Å². The van der Waals surface area contributed by atoms with Crippen LogP contribution >= 0.6 is 11.3 Å². The van der Waals surface area contributed by atoms with E-state index < -0.39 is 0 Å². The summed E-state index contributed by atoms with van der Waals surface area (Å²) in [6, 6.07) is 18.0. The molecule has 1 saturated heterocycles. The van der Waals surface area contributed by atoms with E-state index in [2.05, 4.69) is 58.5 Å². The summed E-state index contributed by atoms with van der Waals surface area (Å²) < 4.78 is 14.6. The van der Waals surface area contributed by atoms with Gasteiger partial charge in [0, 0.05) is 60.5 Å². The minimum Gasteiger partial charge on any atom is -0.494 e. The third kappa shape index (κ3) is 12.8. The zero-order chi connectivity index (χ0) is 36.2. The molecule has 4 aromatic rings. The van der Waals surface area contributed by atoms with Crippen molar-refractivity contribution in [3.8, 4) is 5.75 Å². The molecule has 2 aromatic heterocycles. The van der Waals surface area contributed by atoms with E-state index in [-0.39, 0.29) is 18.3 Å². The van der Waals surface area contributed by atoms with Gasteiger partial charge >= 0.3 is 5.97 Å². The molecule has 0 saturated carbocycles. The normalized spacial score (nSPS) is 13.8. The Bertz CT molecular complexity index is 1720. The number of ether oxygens (including phenoxy) is 2. The molecule has 282 valence electrons. The van der Waals surface area contributed by atoms with Crippen molar-refractivity contribution < 1.29 is 14.3 Å². The van der Waals surface area contributed by atoms with E-state index in [1.807, 2.05) is 35.6 Å². The number of carbonyl (C=O) groups is 1. The number of unbranched alkanes of at least 4 members (excludes halogenated alkanes) is 12. The summed E-state index contributed by atoms with van der Waals surface area (Å²) in [5.41, 5.74) is 1.89. The second-order valence-corrected chi connectivity index (χ2v) is 15.2. The molecule has 8 heteroatoms. The lowest BCUT2D eigenvalue weighted by atomic mass is 10.1. The molecule has 0 spiro atoms. The standard InChI is InChI=1S/C44H61N3O4S/c1-2-3-4-5-6-7-8-9-10-11-12-13-14-15-16-22-44(49)51-36-47-41-35-38(25-23-37(41)24-26-43(47)48)50-33-18-17-28-45-29-31-46(32-30-45)40-20-19-21-42-39(40)27-34-52-42/h9-10,19-21,23-27,34-35H,2-8,11-18,22,28-33,36H2,1H3/b10-9-. The lowest BCUT2D eigenvalue weighted by Crippen LogP contribution is -2.46. The minimum absolute atomic E-state index is 0.0841. The van der Waals surface area contributed by atoms with Crippen molar-refractivity contribution in [2.75, 3.05) is 44.2 Å². The molecule has 1 fully saturated rings. The van der Waals surface area contributed by atoms with Gasteiger partial charge in [-0.25, -0.2) is 0 Å². The first-order valence-corrected chi connectivity index (χ1v) is 21.0. The fraction of sp³-hybridized carbons (Fsp3) is 0.545. The molecule has 7 nitrogen and oxygen atoms in total. The maximum absolute atomic E-state index is 12.8. The number of hydrogen-bond donors (Lipinski definition) is 0. The van der Waals surface area contributed by atoms with Gasteiger partial charge < -0.3 is 14.4 Å². The van der Waals surface area contributed by atoms with Crippen molar-refractivity contribution in [2.24, 2.45) is 0 Å². The first-order valence-electron chi connectivity index (χ1n) is 20.1. The fourth-order valence-electron chi connectivity index (χ4n) is 7.13. The Morgan fingerprint density at radius 3 is 2.31 bits per heavy atom. The molecule has 1 aliphatic heterocycles. The molecule has 0 atom stereocenters. The molecular weight excluding hydrogens is 667 g/mol. The summed E-state index contributed by atoms with van der Waals surface area (Å²) in [5.74, 6) is 0.470. The van der Waals surface area contributed by atoms with Gasteiger partial charge in [0.2, 0.25) is 0 Å². The number of esters is 1. The number of benzene rings is 2. The van der Waals surface area contributed by atoms with Crippen molar-refractivity contribution in [3.63, 3.8) is 0 Å². The van der Waals surface area contributed by atoms with Crippen LogP contribution in [0.15, 0.2) is 76.9 Å². The predicted octanol–water partition coefficient (Wildman–Crippen LogP) is 10.7. The Kier molecular flexibility index (Phi) is 17.1. The van der Waals surface area contributed by atoms with E-state index in [0.717, 1.165) is 87.9 Å². The highest BCUT2D eigenvalue weighted by atomic mass is 32.1. The fourth-order valence-corrected chi connectivity index (χ4v) is 7.94. The van der Waals surface area contributed by atoms with Crippen molar-refractivity contribution in [1.82, 2.24) is 9.47 Å². The van der Waals surface area contributed by atoms with E-state index in [1.165, 1.54) is 84.2 Å². The third-order valence-electron chi connectivity index (χ3n) is 10.3. The number of hydrogen-bond acceptors (Lipinski definition) is 7. The van der Waals surface area contributed by atoms with Crippen LogP contribution < -0.4 is 15.2 Å². The van der Waals surface area contributed by atoms with Gasteiger partial charge in [-0.05, 0) is 98.7 Å². The zero-order valence-corrected chi connectivity index (χ0v) is 32.4. The molecule has 1 aliphatic rings. The number of allylic oxidation sites excluding steroid dienone is 2. The van der Waals surface area contributed by atoms with Gasteiger partial charge in [0.25, 0.3) is 5.56 Å². The van der Waals surface area contributed by atoms with E-state index >= 15 is 0 Å². The SMILES string of the molecule is CCCCCCCC/C=C\CCCCCCCC(=O)OCn1c(=O)ccc2ccc(OCCCCN3CCN(c4cccc5sccc45)CC3)cc21. The highest BCUT2D eigenvalue weighted by molar-refractivity contribution is 7.17. The average molecular weight is 728 g/mol. The van der Waals surface area contributed by atoms with Crippen molar-refractivity contribution in [1.29, 1.82) is 0 Å². The quantitative estimate of drug-likeness (QED) is 0.0407. The summed E-state index contributed by atoms with van der Waals surface area (Å²) >= 11 is 1.81. The topological polar surface area (TPSA) is 64.0 Å². The van der Waals surface area contributed by atoms with Gasteiger partial charge in [0.15, 0.2) is 6.73 Å². The Morgan fingerprint density at radius 2 is 1.52 bits per heavy atom. The maximum Gasteiger partial charge on any atom is 0.307 e. The molecular formula is C44H61N3O4S. The Morgan fingerprint density at radius 1 is 0.788 bits per heavy atom. The van der Waals surface area contributed by atoms with Crippen LogP contribution in [0.1, 0.15) is 110 Å². The van der Waals surface area contributed by atoms with E-state index in [9.17, 15) is 9.59 Å². The maximum atomic E-state index is 12.8. The smallest absolute Gasteiger partial charge is 0.307 e. The predicted molar refractivity (Wildman–Crippen MR) is 219 cm³/mol. The molecule has 3 heterocycles. The molecule has 5 rings (SSSR count). The lowest BCUT2D eigenvalue weighted by Gasteiger charge is -2.36. The second-order valence-electron chi connectivity index (χ2n) is 14.3. The zero-order valence-electron chi connectivity index (χ0n) is 31.6. The van der Waals surface area contributed by atoms with Gasteiger partial charge in [-0.15, -0.1) is 11.3 Å².